The van der Waals surface area contributed by atoms with Crippen LogP contribution < -0.4 is 0 Å². The smallest absolute Gasteiger partial charge is 0.331 e. The third-order valence-corrected chi connectivity index (χ3v) is 4.06. The van der Waals surface area contributed by atoms with E-state index in [1.54, 1.807) is 24.3 Å². The molecule has 2 aromatic carbocycles. The van der Waals surface area contributed by atoms with E-state index in [0.717, 1.165) is 22.6 Å². The molecule has 0 saturated heterocycles. The topological polar surface area (TPSA) is 44.1 Å². The molecule has 132 valence electrons. The van der Waals surface area contributed by atoms with Crippen molar-refractivity contribution in [2.75, 3.05) is 0 Å². The molecule has 0 aliphatic carbocycles. The molecule has 3 aromatic rings. The van der Waals surface area contributed by atoms with Gasteiger partial charge in [-0.2, -0.15) is 5.10 Å². The Morgan fingerprint density at radius 2 is 1.81 bits per heavy atom. The zero-order valence-electron chi connectivity index (χ0n) is 14.6. The minimum absolute atomic E-state index is 0.100. The second-order valence-electron chi connectivity index (χ2n) is 5.86. The van der Waals surface area contributed by atoms with Gasteiger partial charge in [0.1, 0.15) is 12.4 Å². The number of nitrogens with zero attached hydrogens (tertiary/aromatic N) is 2. The monoisotopic (exact) mass is 350 g/mol. The molecule has 1 aromatic heterocycles. The van der Waals surface area contributed by atoms with Crippen molar-refractivity contribution in [2.24, 2.45) is 0 Å². The number of hydrogen-bond acceptors (Lipinski definition) is 3. The number of para-hydroxylation sites is 1. The second kappa shape index (κ2) is 7.78. The Kier molecular flexibility index (Phi) is 5.27. The average Bonchev–Trinajstić information content (AvgIpc) is 2.94. The zero-order valence-corrected chi connectivity index (χ0v) is 14.6. The quantitative estimate of drug-likeness (QED) is 0.506. The molecule has 0 saturated carbocycles. The molecule has 0 aliphatic rings. The predicted molar refractivity (Wildman–Crippen MR) is 98.3 cm³/mol. The van der Waals surface area contributed by atoms with Crippen molar-refractivity contribution in [1.82, 2.24) is 9.78 Å². The Morgan fingerprint density at radius 3 is 2.54 bits per heavy atom. The highest BCUT2D eigenvalue weighted by atomic mass is 19.1. The van der Waals surface area contributed by atoms with Crippen LogP contribution in [0.3, 0.4) is 0 Å². The second-order valence-corrected chi connectivity index (χ2v) is 5.86. The average molecular weight is 350 g/mol. The van der Waals surface area contributed by atoms with E-state index in [1.165, 1.54) is 12.1 Å². The van der Waals surface area contributed by atoms with Gasteiger partial charge in [-0.3, -0.25) is 0 Å². The van der Waals surface area contributed by atoms with E-state index in [0.29, 0.717) is 5.56 Å². The molecule has 0 N–H and O–H groups in total. The highest BCUT2D eigenvalue weighted by Crippen LogP contribution is 2.19. The first kappa shape index (κ1) is 17.6. The van der Waals surface area contributed by atoms with Crippen LogP contribution in [-0.4, -0.2) is 15.7 Å². The summed E-state index contributed by atoms with van der Waals surface area (Å²) in [5.41, 5.74) is 3.89. The molecule has 0 fully saturated rings. The lowest BCUT2D eigenvalue weighted by Crippen LogP contribution is -2.02. The summed E-state index contributed by atoms with van der Waals surface area (Å²) in [7, 11) is 0. The van der Waals surface area contributed by atoms with Gasteiger partial charge < -0.3 is 4.74 Å². The number of halogens is 1. The van der Waals surface area contributed by atoms with Crippen molar-refractivity contribution in [3.8, 4) is 5.69 Å². The van der Waals surface area contributed by atoms with Gasteiger partial charge >= 0.3 is 5.97 Å². The number of rotatable bonds is 5. The standard InChI is InChI=1S/C21H19FN2O2/c1-15-19(16(2)24(23-15)18-9-4-3-5-10-18)12-13-21(25)26-14-17-8-6-7-11-20(17)22/h3-13H,14H2,1-2H3. The van der Waals surface area contributed by atoms with Crippen LogP contribution in [-0.2, 0) is 16.1 Å². The maximum Gasteiger partial charge on any atom is 0.331 e. The van der Waals surface area contributed by atoms with E-state index in [1.807, 2.05) is 48.9 Å². The van der Waals surface area contributed by atoms with Gasteiger partial charge in [0, 0.05) is 22.9 Å². The maximum absolute atomic E-state index is 13.5. The number of hydrogen-bond donors (Lipinski definition) is 0. The first-order valence-corrected chi connectivity index (χ1v) is 8.26. The van der Waals surface area contributed by atoms with Crippen LogP contribution >= 0.6 is 0 Å². The van der Waals surface area contributed by atoms with Crippen molar-refractivity contribution in [3.05, 3.63) is 89.0 Å². The molecule has 0 amide bonds. The molecule has 0 bridgehead atoms. The van der Waals surface area contributed by atoms with Gasteiger partial charge in [-0.05, 0) is 38.1 Å². The Balaban J connectivity index is 1.71. The molecule has 0 unspecified atom stereocenters. The van der Waals surface area contributed by atoms with Crippen LogP contribution in [0.4, 0.5) is 4.39 Å². The Bertz CT molecular complexity index is 946. The summed E-state index contributed by atoms with van der Waals surface area (Å²) in [5.74, 6) is -0.917. The first-order valence-electron chi connectivity index (χ1n) is 8.26. The lowest BCUT2D eigenvalue weighted by molar-refractivity contribution is -0.138. The summed E-state index contributed by atoms with van der Waals surface area (Å²) in [6.07, 6.45) is 3.02. The van der Waals surface area contributed by atoms with Gasteiger partial charge in [0.25, 0.3) is 0 Å². The van der Waals surface area contributed by atoms with Crippen LogP contribution in [0.25, 0.3) is 11.8 Å². The van der Waals surface area contributed by atoms with Crippen molar-refractivity contribution in [3.63, 3.8) is 0 Å². The summed E-state index contributed by atoms with van der Waals surface area (Å²) in [5, 5.41) is 4.53. The number of carbonyl (C=O) groups is 1. The summed E-state index contributed by atoms with van der Waals surface area (Å²) < 4.78 is 20.5. The molecule has 5 heteroatoms. The highest BCUT2D eigenvalue weighted by Gasteiger charge is 2.11. The third-order valence-electron chi connectivity index (χ3n) is 4.06. The summed E-state index contributed by atoms with van der Waals surface area (Å²) in [6.45, 7) is 3.73. The van der Waals surface area contributed by atoms with Gasteiger partial charge in [-0.15, -0.1) is 0 Å². The maximum atomic E-state index is 13.5. The molecule has 0 aliphatic heterocycles. The van der Waals surface area contributed by atoms with Gasteiger partial charge in [-0.1, -0.05) is 36.4 Å². The molecule has 26 heavy (non-hydrogen) atoms. The van der Waals surface area contributed by atoms with Crippen LogP contribution in [0.2, 0.25) is 0 Å². The minimum Gasteiger partial charge on any atom is -0.458 e. The summed E-state index contributed by atoms with van der Waals surface area (Å²) in [4.78, 5) is 11.9. The lowest BCUT2D eigenvalue weighted by atomic mass is 10.2. The summed E-state index contributed by atoms with van der Waals surface area (Å²) >= 11 is 0. The van der Waals surface area contributed by atoms with Crippen molar-refractivity contribution >= 4 is 12.0 Å². The fourth-order valence-electron chi connectivity index (χ4n) is 2.68. The van der Waals surface area contributed by atoms with Crippen LogP contribution in [0.1, 0.15) is 22.5 Å². The van der Waals surface area contributed by atoms with Gasteiger partial charge in [0.05, 0.1) is 11.4 Å². The number of aryl methyl sites for hydroxylation is 1. The fourth-order valence-corrected chi connectivity index (χ4v) is 2.68. The number of benzene rings is 2. The van der Waals surface area contributed by atoms with Crippen molar-refractivity contribution < 1.29 is 13.9 Å². The third kappa shape index (κ3) is 3.88. The van der Waals surface area contributed by atoms with Crippen molar-refractivity contribution in [1.29, 1.82) is 0 Å². The number of aromatic nitrogens is 2. The van der Waals surface area contributed by atoms with E-state index in [4.69, 9.17) is 4.74 Å². The van der Waals surface area contributed by atoms with E-state index >= 15 is 0 Å². The fraction of sp³-hybridized carbons (Fsp3) is 0.143. The summed E-state index contributed by atoms with van der Waals surface area (Å²) in [6, 6.07) is 16.0. The Hall–Kier alpha value is -3.21. The van der Waals surface area contributed by atoms with Gasteiger partial charge in [-0.25, -0.2) is 13.9 Å². The Morgan fingerprint density at radius 1 is 1.12 bits per heavy atom. The molecule has 4 nitrogen and oxygen atoms in total. The number of carbonyl (C=O) groups excluding carboxylic acids is 1. The molecular weight excluding hydrogens is 331 g/mol. The van der Waals surface area contributed by atoms with Crippen LogP contribution in [0, 0.1) is 19.7 Å². The minimum atomic E-state index is -0.528. The molecule has 0 radical (unpaired) electrons. The molecule has 0 spiro atoms. The molecular formula is C21H19FN2O2. The normalized spacial score (nSPS) is 11.0. The largest absolute Gasteiger partial charge is 0.458 e. The number of ether oxygens (including phenoxy) is 1. The number of esters is 1. The molecule has 1 heterocycles. The van der Waals surface area contributed by atoms with Crippen LogP contribution in [0.5, 0.6) is 0 Å². The predicted octanol–water partition coefficient (Wildman–Crippen LogP) is 4.38. The van der Waals surface area contributed by atoms with E-state index in [9.17, 15) is 9.18 Å². The van der Waals surface area contributed by atoms with E-state index in [2.05, 4.69) is 5.10 Å². The van der Waals surface area contributed by atoms with Crippen molar-refractivity contribution in [2.45, 2.75) is 20.5 Å². The van der Waals surface area contributed by atoms with Gasteiger partial charge in [0.2, 0.25) is 0 Å². The SMILES string of the molecule is Cc1nn(-c2ccccc2)c(C)c1C=CC(=O)OCc1ccccc1F. The highest BCUT2D eigenvalue weighted by molar-refractivity contribution is 5.87. The van der Waals surface area contributed by atoms with Gasteiger partial charge in [0.15, 0.2) is 0 Å². The lowest BCUT2D eigenvalue weighted by Gasteiger charge is -2.04. The zero-order chi connectivity index (χ0) is 18.5. The molecule has 0 atom stereocenters. The van der Waals surface area contributed by atoms with E-state index < -0.39 is 5.97 Å². The van der Waals surface area contributed by atoms with E-state index in [-0.39, 0.29) is 12.4 Å². The van der Waals surface area contributed by atoms with Crippen LogP contribution in [0.15, 0.2) is 60.7 Å². The molecule has 3 rings (SSSR count). The first-order chi connectivity index (χ1) is 12.6. The Labute approximate surface area is 151 Å².